The normalized spacial score (nSPS) is 15.4. The first-order valence-corrected chi connectivity index (χ1v) is 8.83. The molecule has 1 fully saturated rings. The van der Waals surface area contributed by atoms with Gasteiger partial charge in [0.25, 0.3) is 5.91 Å². The summed E-state index contributed by atoms with van der Waals surface area (Å²) in [6.07, 6.45) is 6.92. The zero-order valence-corrected chi connectivity index (χ0v) is 14.2. The molecule has 1 aliphatic carbocycles. The van der Waals surface area contributed by atoms with E-state index in [1.54, 1.807) is 24.3 Å². The van der Waals surface area contributed by atoms with Gasteiger partial charge in [-0.25, -0.2) is 4.39 Å². The topological polar surface area (TPSA) is 66.9 Å². The Bertz CT molecular complexity index is 680. The van der Waals surface area contributed by atoms with Crippen LogP contribution in [0.5, 0.6) is 0 Å². The molecule has 1 heterocycles. The lowest BCUT2D eigenvalue weighted by atomic mass is 10.1. The van der Waals surface area contributed by atoms with Gasteiger partial charge in [-0.2, -0.15) is 0 Å². The third-order valence-electron chi connectivity index (χ3n) is 4.47. The number of rotatable bonds is 5. The molecule has 0 aliphatic heterocycles. The molecular formula is C19H23FN4O. The Hall–Kier alpha value is -2.50. The van der Waals surface area contributed by atoms with Crippen molar-refractivity contribution in [3.63, 3.8) is 0 Å². The molecule has 0 atom stereocenters. The number of hydrogen-bond acceptors (Lipinski definition) is 4. The number of carbonyl (C=O) groups is 1. The molecule has 5 nitrogen and oxygen atoms in total. The van der Waals surface area contributed by atoms with Crippen molar-refractivity contribution in [3.8, 4) is 0 Å². The van der Waals surface area contributed by atoms with Crippen molar-refractivity contribution in [2.45, 2.75) is 51.1 Å². The molecule has 1 amide bonds. The molecule has 1 saturated carbocycles. The highest BCUT2D eigenvalue weighted by atomic mass is 19.1. The van der Waals surface area contributed by atoms with Crippen molar-refractivity contribution in [2.75, 3.05) is 5.32 Å². The number of anilines is 1. The first-order chi connectivity index (χ1) is 12.2. The van der Waals surface area contributed by atoms with Crippen LogP contribution in [0.1, 0.15) is 54.6 Å². The minimum Gasteiger partial charge on any atom is -0.365 e. The van der Waals surface area contributed by atoms with Gasteiger partial charge in [0.2, 0.25) is 0 Å². The molecular weight excluding hydrogens is 319 g/mol. The van der Waals surface area contributed by atoms with Gasteiger partial charge in [0.05, 0.1) is 0 Å². The van der Waals surface area contributed by atoms with Gasteiger partial charge in [-0.3, -0.25) is 4.79 Å². The van der Waals surface area contributed by atoms with Crippen molar-refractivity contribution < 1.29 is 9.18 Å². The van der Waals surface area contributed by atoms with Crippen molar-refractivity contribution in [1.82, 2.24) is 15.5 Å². The molecule has 2 N–H and O–H groups in total. The summed E-state index contributed by atoms with van der Waals surface area (Å²) in [5.74, 6) is 0.160. The summed E-state index contributed by atoms with van der Waals surface area (Å²) in [4.78, 5) is 12.3. The lowest BCUT2D eigenvalue weighted by molar-refractivity contribution is 0.0927. The quantitative estimate of drug-likeness (QED) is 0.814. The fourth-order valence-corrected chi connectivity index (χ4v) is 3.03. The van der Waals surface area contributed by atoms with Gasteiger partial charge in [0.1, 0.15) is 11.6 Å². The minimum absolute atomic E-state index is 0.163. The molecule has 132 valence electrons. The maximum atomic E-state index is 12.9. The van der Waals surface area contributed by atoms with E-state index in [1.165, 1.54) is 37.8 Å². The van der Waals surface area contributed by atoms with Gasteiger partial charge in [-0.05, 0) is 42.7 Å². The van der Waals surface area contributed by atoms with Crippen molar-refractivity contribution in [1.29, 1.82) is 0 Å². The number of amides is 1. The molecule has 3 rings (SSSR count). The van der Waals surface area contributed by atoms with E-state index in [1.807, 2.05) is 0 Å². The summed E-state index contributed by atoms with van der Waals surface area (Å²) in [7, 11) is 0. The summed E-state index contributed by atoms with van der Waals surface area (Å²) >= 11 is 0. The number of carbonyl (C=O) groups excluding carboxylic acids is 1. The molecule has 0 bridgehead atoms. The fraction of sp³-hybridized carbons (Fsp3) is 0.421. The predicted molar refractivity (Wildman–Crippen MR) is 94.7 cm³/mol. The first-order valence-electron chi connectivity index (χ1n) is 8.83. The molecule has 1 aliphatic rings. The van der Waals surface area contributed by atoms with E-state index in [-0.39, 0.29) is 17.8 Å². The highest BCUT2D eigenvalue weighted by Crippen LogP contribution is 2.17. The third kappa shape index (κ3) is 5.24. The van der Waals surface area contributed by atoms with Crippen molar-refractivity contribution in [2.24, 2.45) is 0 Å². The van der Waals surface area contributed by atoms with Crippen LogP contribution in [0.4, 0.5) is 10.2 Å². The van der Waals surface area contributed by atoms with Gasteiger partial charge < -0.3 is 10.6 Å². The minimum atomic E-state index is -0.257. The number of aromatic nitrogens is 2. The van der Waals surface area contributed by atoms with Gasteiger partial charge in [0, 0.05) is 12.6 Å². The Balaban J connectivity index is 1.52. The van der Waals surface area contributed by atoms with Crippen LogP contribution < -0.4 is 10.6 Å². The standard InChI is InChI=1S/C19H23FN4O/c20-15-9-7-14(8-10-15)13-21-18-12-11-17(23-24-18)19(25)22-16-5-3-1-2-4-6-16/h7-12,16H,1-6,13H2,(H,21,24)(H,22,25). The Kier molecular flexibility index (Phi) is 5.93. The SMILES string of the molecule is O=C(NC1CCCCCC1)c1ccc(NCc2ccc(F)cc2)nn1. The Morgan fingerprint density at radius 2 is 1.72 bits per heavy atom. The molecule has 6 heteroatoms. The second kappa shape index (κ2) is 8.55. The van der Waals surface area contributed by atoms with Crippen LogP contribution >= 0.6 is 0 Å². The summed E-state index contributed by atoms with van der Waals surface area (Å²) in [5, 5.41) is 14.2. The first kappa shape index (κ1) is 17.3. The van der Waals surface area contributed by atoms with Crippen LogP contribution in [-0.2, 0) is 6.54 Å². The number of nitrogens with zero attached hydrogens (tertiary/aromatic N) is 2. The maximum absolute atomic E-state index is 12.9. The van der Waals surface area contributed by atoms with Gasteiger partial charge in [-0.15, -0.1) is 10.2 Å². The number of hydrogen-bond donors (Lipinski definition) is 2. The van der Waals surface area contributed by atoms with Crippen molar-refractivity contribution >= 4 is 11.7 Å². The summed E-state index contributed by atoms with van der Waals surface area (Å²) in [6, 6.07) is 9.92. The van der Waals surface area contributed by atoms with Crippen LogP contribution in [0.15, 0.2) is 36.4 Å². The van der Waals surface area contributed by atoms with Gasteiger partial charge in [0.15, 0.2) is 5.69 Å². The third-order valence-corrected chi connectivity index (χ3v) is 4.47. The highest BCUT2D eigenvalue weighted by molar-refractivity contribution is 5.92. The van der Waals surface area contributed by atoms with E-state index < -0.39 is 0 Å². The molecule has 0 spiro atoms. The van der Waals surface area contributed by atoms with E-state index in [4.69, 9.17) is 0 Å². The largest absolute Gasteiger partial charge is 0.365 e. The summed E-state index contributed by atoms with van der Waals surface area (Å²) < 4.78 is 12.9. The number of benzene rings is 1. The maximum Gasteiger partial charge on any atom is 0.272 e. The smallest absolute Gasteiger partial charge is 0.272 e. The van der Waals surface area contributed by atoms with E-state index in [9.17, 15) is 9.18 Å². The van der Waals surface area contributed by atoms with E-state index >= 15 is 0 Å². The summed E-state index contributed by atoms with van der Waals surface area (Å²) in [5.41, 5.74) is 1.27. The van der Waals surface area contributed by atoms with Crippen molar-refractivity contribution in [3.05, 3.63) is 53.5 Å². The Morgan fingerprint density at radius 3 is 2.36 bits per heavy atom. The summed E-state index contributed by atoms with van der Waals surface area (Å²) in [6.45, 7) is 0.516. The highest BCUT2D eigenvalue weighted by Gasteiger charge is 2.16. The average molecular weight is 342 g/mol. The second-order valence-corrected chi connectivity index (χ2v) is 6.45. The zero-order valence-electron chi connectivity index (χ0n) is 14.2. The monoisotopic (exact) mass is 342 g/mol. The van der Waals surface area contributed by atoms with E-state index in [0.717, 1.165) is 18.4 Å². The molecule has 1 aromatic carbocycles. The molecule has 25 heavy (non-hydrogen) atoms. The van der Waals surface area contributed by atoms with E-state index in [0.29, 0.717) is 18.1 Å². The molecule has 0 radical (unpaired) electrons. The molecule has 0 unspecified atom stereocenters. The predicted octanol–water partition coefficient (Wildman–Crippen LogP) is 3.68. The Morgan fingerprint density at radius 1 is 1.00 bits per heavy atom. The number of halogens is 1. The van der Waals surface area contributed by atoms with Gasteiger partial charge >= 0.3 is 0 Å². The average Bonchev–Trinajstić information content (AvgIpc) is 2.90. The zero-order chi connectivity index (χ0) is 17.5. The number of nitrogens with one attached hydrogen (secondary N) is 2. The molecule has 0 saturated heterocycles. The van der Waals surface area contributed by atoms with Crippen LogP contribution in [0, 0.1) is 5.82 Å². The van der Waals surface area contributed by atoms with Crippen LogP contribution in [0.25, 0.3) is 0 Å². The van der Waals surface area contributed by atoms with Crippen LogP contribution in [-0.4, -0.2) is 22.1 Å². The fourth-order valence-electron chi connectivity index (χ4n) is 3.03. The van der Waals surface area contributed by atoms with Gasteiger partial charge in [-0.1, -0.05) is 37.8 Å². The van der Waals surface area contributed by atoms with E-state index in [2.05, 4.69) is 20.8 Å². The second-order valence-electron chi connectivity index (χ2n) is 6.45. The van der Waals surface area contributed by atoms with Crippen LogP contribution in [0.2, 0.25) is 0 Å². The lowest BCUT2D eigenvalue weighted by Gasteiger charge is -2.15. The lowest BCUT2D eigenvalue weighted by Crippen LogP contribution is -2.35. The Labute approximate surface area is 147 Å². The molecule has 1 aromatic heterocycles. The molecule has 2 aromatic rings. The van der Waals surface area contributed by atoms with Crippen LogP contribution in [0.3, 0.4) is 0 Å².